The van der Waals surface area contributed by atoms with Gasteiger partial charge in [0.2, 0.25) is 11.9 Å². The summed E-state index contributed by atoms with van der Waals surface area (Å²) in [6, 6.07) is 0. The highest BCUT2D eigenvalue weighted by atomic mass is 16.4. The summed E-state index contributed by atoms with van der Waals surface area (Å²) in [5, 5.41) is 14.7. The maximum atomic E-state index is 11.3. The lowest BCUT2D eigenvalue weighted by molar-refractivity contribution is -0.137. The second-order valence-electron chi connectivity index (χ2n) is 3.00. The molecule has 0 saturated carbocycles. The molecule has 7 nitrogen and oxygen atoms in total. The zero-order chi connectivity index (χ0) is 11.3. The molecule has 0 aliphatic rings. The van der Waals surface area contributed by atoms with Gasteiger partial charge in [-0.05, 0) is 6.42 Å². The fourth-order valence-electron chi connectivity index (χ4n) is 0.997. The Balaban J connectivity index is 2.31. The molecule has 0 saturated heterocycles. The fourth-order valence-corrected chi connectivity index (χ4v) is 0.997. The number of aryl methyl sites for hydroxylation is 1. The number of carboxylic acid groups (broad SMARTS) is 1. The van der Waals surface area contributed by atoms with Crippen molar-refractivity contribution in [2.45, 2.75) is 19.3 Å². The van der Waals surface area contributed by atoms with Crippen LogP contribution in [0.2, 0.25) is 0 Å². The number of nitrogens with one attached hydrogen (secondary N) is 1. The topological polar surface area (TPSA) is 97.1 Å². The van der Waals surface area contributed by atoms with Gasteiger partial charge >= 0.3 is 5.97 Å². The lowest BCUT2D eigenvalue weighted by Gasteiger charge is -2.02. The molecule has 0 aliphatic carbocycles. The Labute approximate surface area is 86.1 Å². The highest BCUT2D eigenvalue weighted by Crippen LogP contribution is 2.01. The Kier molecular flexibility index (Phi) is 3.78. The van der Waals surface area contributed by atoms with Crippen molar-refractivity contribution in [3.63, 3.8) is 0 Å². The first-order valence-electron chi connectivity index (χ1n) is 4.45. The Morgan fingerprint density at radius 3 is 2.80 bits per heavy atom. The minimum absolute atomic E-state index is 0.00770. The Hall–Kier alpha value is -1.92. The fraction of sp³-hybridized carbons (Fsp3) is 0.500. The first-order valence-corrected chi connectivity index (χ1v) is 4.45. The van der Waals surface area contributed by atoms with E-state index >= 15 is 0 Å². The third-order valence-electron chi connectivity index (χ3n) is 1.76. The average molecular weight is 212 g/mol. The molecule has 0 spiro atoms. The van der Waals surface area contributed by atoms with Gasteiger partial charge in [-0.15, -0.1) is 0 Å². The molecule has 0 aromatic carbocycles. The predicted molar refractivity (Wildman–Crippen MR) is 51.1 cm³/mol. The van der Waals surface area contributed by atoms with Crippen LogP contribution in [-0.2, 0) is 16.6 Å². The summed E-state index contributed by atoms with van der Waals surface area (Å²) in [5.74, 6) is -0.802. The number of hydrogen-bond donors (Lipinski definition) is 2. The van der Waals surface area contributed by atoms with Gasteiger partial charge in [0.1, 0.15) is 6.33 Å². The molecular weight excluding hydrogens is 200 g/mol. The van der Waals surface area contributed by atoms with Gasteiger partial charge in [0.05, 0.1) is 0 Å². The first kappa shape index (κ1) is 11.2. The number of nitrogens with zero attached hydrogens (tertiary/aromatic N) is 3. The van der Waals surface area contributed by atoms with E-state index in [1.54, 1.807) is 7.05 Å². The Morgan fingerprint density at radius 1 is 1.53 bits per heavy atom. The van der Waals surface area contributed by atoms with Crippen molar-refractivity contribution in [3.8, 4) is 0 Å². The molecular formula is C8H12N4O3. The number of carbonyl (C=O) groups excluding carboxylic acids is 1. The van der Waals surface area contributed by atoms with E-state index in [-0.39, 0.29) is 18.7 Å². The van der Waals surface area contributed by atoms with Crippen molar-refractivity contribution in [2.75, 3.05) is 5.32 Å². The van der Waals surface area contributed by atoms with Crippen LogP contribution >= 0.6 is 0 Å². The lowest BCUT2D eigenvalue weighted by atomic mass is 10.2. The van der Waals surface area contributed by atoms with Crippen LogP contribution < -0.4 is 5.32 Å². The van der Waals surface area contributed by atoms with Crippen LogP contribution in [0.5, 0.6) is 0 Å². The van der Waals surface area contributed by atoms with E-state index in [2.05, 4.69) is 15.4 Å². The molecule has 1 rings (SSSR count). The van der Waals surface area contributed by atoms with Crippen LogP contribution in [0.4, 0.5) is 5.95 Å². The maximum Gasteiger partial charge on any atom is 0.303 e. The maximum absolute atomic E-state index is 11.3. The standard InChI is InChI=1S/C8H12N4O3/c1-12-8(9-5-10-12)11-6(13)3-2-4-7(14)15/h5H,2-4H2,1H3,(H,14,15)(H,9,10,11,13). The van der Waals surface area contributed by atoms with E-state index in [0.717, 1.165) is 0 Å². The van der Waals surface area contributed by atoms with Crippen molar-refractivity contribution < 1.29 is 14.7 Å². The zero-order valence-corrected chi connectivity index (χ0v) is 8.30. The van der Waals surface area contributed by atoms with Crippen LogP contribution in [0.1, 0.15) is 19.3 Å². The van der Waals surface area contributed by atoms with Gasteiger partial charge in [-0.25, -0.2) is 4.68 Å². The number of carboxylic acids is 1. The van der Waals surface area contributed by atoms with Crippen LogP contribution in [-0.4, -0.2) is 31.7 Å². The van der Waals surface area contributed by atoms with Gasteiger partial charge in [0.15, 0.2) is 0 Å². The molecule has 1 aromatic heterocycles. The lowest BCUT2D eigenvalue weighted by Crippen LogP contribution is -2.15. The van der Waals surface area contributed by atoms with E-state index in [9.17, 15) is 9.59 Å². The Morgan fingerprint density at radius 2 is 2.27 bits per heavy atom. The van der Waals surface area contributed by atoms with Crippen LogP contribution in [0.3, 0.4) is 0 Å². The van der Waals surface area contributed by atoms with Crippen LogP contribution in [0.25, 0.3) is 0 Å². The first-order chi connectivity index (χ1) is 7.09. The predicted octanol–water partition coefficient (Wildman–Crippen LogP) is 0.00850. The summed E-state index contributed by atoms with van der Waals surface area (Å²) in [6.45, 7) is 0. The highest BCUT2D eigenvalue weighted by Gasteiger charge is 2.07. The SMILES string of the molecule is Cn1ncnc1NC(=O)CCCC(=O)O. The van der Waals surface area contributed by atoms with E-state index in [0.29, 0.717) is 12.4 Å². The average Bonchev–Trinajstić information content (AvgIpc) is 2.51. The van der Waals surface area contributed by atoms with Crippen molar-refractivity contribution in [2.24, 2.45) is 7.05 Å². The van der Waals surface area contributed by atoms with Gasteiger partial charge in [-0.3, -0.25) is 14.9 Å². The van der Waals surface area contributed by atoms with Gasteiger partial charge in [-0.1, -0.05) is 0 Å². The molecule has 82 valence electrons. The number of anilines is 1. The minimum atomic E-state index is -0.901. The Bertz CT molecular complexity index is 361. The summed E-state index contributed by atoms with van der Waals surface area (Å²) in [6.07, 6.45) is 1.80. The normalized spacial score (nSPS) is 9.93. The molecule has 0 fully saturated rings. The summed E-state index contributed by atoms with van der Waals surface area (Å²) in [4.78, 5) is 25.3. The van der Waals surface area contributed by atoms with Gasteiger partial charge in [0, 0.05) is 19.9 Å². The van der Waals surface area contributed by atoms with Crippen molar-refractivity contribution in [1.29, 1.82) is 0 Å². The quantitative estimate of drug-likeness (QED) is 0.716. The van der Waals surface area contributed by atoms with Crippen LogP contribution in [0.15, 0.2) is 6.33 Å². The number of hydrogen-bond acceptors (Lipinski definition) is 4. The smallest absolute Gasteiger partial charge is 0.303 e. The molecule has 0 radical (unpaired) electrons. The number of aromatic nitrogens is 3. The molecule has 1 aromatic rings. The summed E-state index contributed by atoms with van der Waals surface area (Å²) in [7, 11) is 1.65. The zero-order valence-electron chi connectivity index (χ0n) is 8.30. The van der Waals surface area contributed by atoms with Crippen molar-refractivity contribution in [3.05, 3.63) is 6.33 Å². The monoisotopic (exact) mass is 212 g/mol. The van der Waals surface area contributed by atoms with Gasteiger partial charge in [0.25, 0.3) is 0 Å². The number of aliphatic carboxylic acids is 1. The minimum Gasteiger partial charge on any atom is -0.481 e. The van der Waals surface area contributed by atoms with E-state index in [1.807, 2.05) is 0 Å². The van der Waals surface area contributed by atoms with E-state index in [4.69, 9.17) is 5.11 Å². The second kappa shape index (κ2) is 5.08. The highest BCUT2D eigenvalue weighted by molar-refractivity contribution is 5.89. The number of amides is 1. The molecule has 0 unspecified atom stereocenters. The molecule has 1 heterocycles. The summed E-state index contributed by atoms with van der Waals surface area (Å²) in [5.41, 5.74) is 0. The molecule has 1 amide bonds. The van der Waals surface area contributed by atoms with Crippen molar-refractivity contribution in [1.82, 2.24) is 14.8 Å². The van der Waals surface area contributed by atoms with E-state index < -0.39 is 5.97 Å². The van der Waals surface area contributed by atoms with E-state index in [1.165, 1.54) is 11.0 Å². The van der Waals surface area contributed by atoms with Crippen LogP contribution in [0, 0.1) is 0 Å². The van der Waals surface area contributed by atoms with Gasteiger partial charge in [-0.2, -0.15) is 10.1 Å². The molecule has 0 atom stereocenters. The molecule has 0 bridgehead atoms. The molecule has 0 aliphatic heterocycles. The second-order valence-corrected chi connectivity index (χ2v) is 3.00. The molecule has 15 heavy (non-hydrogen) atoms. The molecule has 2 N–H and O–H groups in total. The third-order valence-corrected chi connectivity index (χ3v) is 1.76. The molecule has 7 heteroatoms. The third kappa shape index (κ3) is 3.75. The summed E-state index contributed by atoms with van der Waals surface area (Å²) < 4.78 is 1.43. The summed E-state index contributed by atoms with van der Waals surface area (Å²) >= 11 is 0. The van der Waals surface area contributed by atoms with Gasteiger partial charge < -0.3 is 5.11 Å². The van der Waals surface area contributed by atoms with Crippen molar-refractivity contribution >= 4 is 17.8 Å². The number of carbonyl (C=O) groups is 2. The largest absolute Gasteiger partial charge is 0.481 e. The number of rotatable bonds is 5.